The molecule has 6 heteroatoms. The second-order valence-electron chi connectivity index (χ2n) is 8.87. The van der Waals surface area contributed by atoms with E-state index in [0.29, 0.717) is 11.6 Å². The lowest BCUT2D eigenvalue weighted by atomic mass is 10.1. The molecule has 168 valence electrons. The summed E-state index contributed by atoms with van der Waals surface area (Å²) < 4.78 is 4.53. The van der Waals surface area contributed by atoms with Crippen molar-refractivity contribution in [2.24, 2.45) is 0 Å². The van der Waals surface area contributed by atoms with Gasteiger partial charge in [0.25, 0.3) is 0 Å². The zero-order valence-electron chi connectivity index (χ0n) is 19.1. The van der Waals surface area contributed by atoms with Crippen molar-refractivity contribution in [1.82, 2.24) is 29.1 Å². The van der Waals surface area contributed by atoms with E-state index in [1.807, 2.05) is 0 Å². The van der Waals surface area contributed by atoms with Crippen LogP contribution in [0.4, 0.5) is 0 Å². The Bertz CT molecular complexity index is 2100. The van der Waals surface area contributed by atoms with E-state index in [2.05, 4.69) is 110 Å². The van der Waals surface area contributed by atoms with Gasteiger partial charge in [-0.3, -0.25) is 4.57 Å². The smallest absolute Gasteiger partial charge is 0.236 e. The number of fused-ring (bicyclic) bond motifs is 8. The highest BCUT2D eigenvalue weighted by molar-refractivity contribution is 6.23. The third-order valence-electron chi connectivity index (χ3n) is 6.93. The third-order valence-corrected chi connectivity index (χ3v) is 6.93. The number of benzene rings is 4. The molecule has 0 radical (unpaired) electrons. The Hall–Kier alpha value is -5.10. The van der Waals surface area contributed by atoms with Gasteiger partial charge in [0.15, 0.2) is 5.65 Å². The van der Waals surface area contributed by atoms with Crippen LogP contribution >= 0.6 is 0 Å². The van der Waals surface area contributed by atoms with Gasteiger partial charge in [0.2, 0.25) is 5.95 Å². The van der Waals surface area contributed by atoms with Crippen LogP contribution in [-0.2, 0) is 0 Å². The molecule has 6 nitrogen and oxygen atoms in total. The van der Waals surface area contributed by atoms with Crippen molar-refractivity contribution in [3.8, 4) is 11.6 Å². The third kappa shape index (κ3) is 2.55. The molecule has 0 bridgehead atoms. The van der Waals surface area contributed by atoms with Crippen LogP contribution in [0.5, 0.6) is 0 Å². The Kier molecular flexibility index (Phi) is 3.85. The highest BCUT2D eigenvalue weighted by Gasteiger charge is 2.21. The predicted molar refractivity (Wildman–Crippen MR) is 144 cm³/mol. The standard InChI is InChI=1S/C30H18N6/c1-2-8-20(9-3-1)35-25-12-6-4-10-21(25)23-14-15-24-22-11-5-7-13-26(22)36(28(24)27(23)35)30-32-17-19-16-31-18-33-29(19)34-30/h1-18H. The monoisotopic (exact) mass is 462 g/mol. The molecule has 0 saturated heterocycles. The van der Waals surface area contributed by atoms with Gasteiger partial charge in [0.05, 0.1) is 27.5 Å². The molecule has 0 fully saturated rings. The van der Waals surface area contributed by atoms with E-state index in [1.54, 1.807) is 12.4 Å². The lowest BCUT2D eigenvalue weighted by molar-refractivity contribution is 0.995. The Morgan fingerprint density at radius 3 is 1.92 bits per heavy atom. The quantitative estimate of drug-likeness (QED) is 0.290. The number of rotatable bonds is 2. The molecule has 4 aromatic carbocycles. The average Bonchev–Trinajstić information content (AvgIpc) is 3.46. The number of hydrogen-bond acceptors (Lipinski definition) is 4. The summed E-state index contributed by atoms with van der Waals surface area (Å²) in [6.45, 7) is 0. The maximum atomic E-state index is 4.87. The van der Waals surface area contributed by atoms with Gasteiger partial charge in [-0.05, 0) is 24.3 Å². The van der Waals surface area contributed by atoms with Crippen molar-refractivity contribution in [1.29, 1.82) is 0 Å². The van der Waals surface area contributed by atoms with E-state index in [-0.39, 0.29) is 0 Å². The normalized spacial score (nSPS) is 11.9. The van der Waals surface area contributed by atoms with Crippen molar-refractivity contribution in [3.63, 3.8) is 0 Å². The summed E-state index contributed by atoms with van der Waals surface area (Å²) in [6.07, 6.45) is 5.06. The molecule has 4 aromatic heterocycles. The summed E-state index contributed by atoms with van der Waals surface area (Å²) in [4.78, 5) is 18.2. The van der Waals surface area contributed by atoms with Gasteiger partial charge in [0.1, 0.15) is 6.33 Å². The van der Waals surface area contributed by atoms with Crippen LogP contribution in [0.1, 0.15) is 0 Å². The zero-order chi connectivity index (χ0) is 23.6. The minimum Gasteiger partial charge on any atom is -0.307 e. The van der Waals surface area contributed by atoms with Gasteiger partial charge in [0, 0.05) is 39.6 Å². The van der Waals surface area contributed by atoms with Crippen molar-refractivity contribution in [2.75, 3.05) is 0 Å². The topological polar surface area (TPSA) is 61.4 Å². The van der Waals surface area contributed by atoms with Crippen LogP contribution in [0.3, 0.4) is 0 Å². The number of para-hydroxylation sites is 3. The van der Waals surface area contributed by atoms with Gasteiger partial charge >= 0.3 is 0 Å². The number of aromatic nitrogens is 6. The van der Waals surface area contributed by atoms with Crippen LogP contribution in [0.15, 0.2) is 110 Å². The first-order valence-corrected chi connectivity index (χ1v) is 11.8. The van der Waals surface area contributed by atoms with Gasteiger partial charge in [-0.25, -0.2) is 15.0 Å². The molecule has 0 unspecified atom stereocenters. The number of nitrogens with zero attached hydrogens (tertiary/aromatic N) is 6. The molecule has 36 heavy (non-hydrogen) atoms. The Labute approximate surface area is 205 Å². The molecule has 0 spiro atoms. The average molecular weight is 463 g/mol. The van der Waals surface area contributed by atoms with Gasteiger partial charge in [-0.1, -0.05) is 66.7 Å². The van der Waals surface area contributed by atoms with E-state index in [1.165, 1.54) is 17.1 Å². The molecule has 4 heterocycles. The predicted octanol–water partition coefficient (Wildman–Crippen LogP) is 6.61. The second-order valence-corrected chi connectivity index (χ2v) is 8.87. The summed E-state index contributed by atoms with van der Waals surface area (Å²) in [5.41, 5.74) is 6.15. The molecule has 0 aliphatic heterocycles. The molecule has 0 aliphatic rings. The summed E-state index contributed by atoms with van der Waals surface area (Å²) in [5.74, 6) is 0.588. The molecule has 0 N–H and O–H groups in total. The van der Waals surface area contributed by atoms with Crippen LogP contribution in [0.2, 0.25) is 0 Å². The van der Waals surface area contributed by atoms with Crippen molar-refractivity contribution >= 4 is 54.6 Å². The second kappa shape index (κ2) is 7.20. The molecule has 0 aliphatic carbocycles. The lowest BCUT2D eigenvalue weighted by Crippen LogP contribution is -2.03. The Morgan fingerprint density at radius 1 is 0.528 bits per heavy atom. The highest BCUT2D eigenvalue weighted by atomic mass is 15.2. The van der Waals surface area contributed by atoms with Crippen LogP contribution in [-0.4, -0.2) is 29.1 Å². The molecule has 0 atom stereocenters. The maximum Gasteiger partial charge on any atom is 0.236 e. The van der Waals surface area contributed by atoms with E-state index >= 15 is 0 Å². The Morgan fingerprint density at radius 2 is 1.17 bits per heavy atom. The van der Waals surface area contributed by atoms with E-state index in [0.717, 1.165) is 43.9 Å². The van der Waals surface area contributed by atoms with Crippen molar-refractivity contribution in [3.05, 3.63) is 110 Å². The molecule has 8 aromatic rings. The molecular weight excluding hydrogens is 444 g/mol. The van der Waals surface area contributed by atoms with Crippen LogP contribution in [0.25, 0.3) is 66.3 Å². The highest BCUT2D eigenvalue weighted by Crippen LogP contribution is 2.41. The lowest BCUT2D eigenvalue weighted by Gasteiger charge is -2.11. The van der Waals surface area contributed by atoms with Crippen LogP contribution < -0.4 is 0 Å². The first-order chi connectivity index (χ1) is 17.9. The van der Waals surface area contributed by atoms with Crippen molar-refractivity contribution in [2.45, 2.75) is 0 Å². The first-order valence-electron chi connectivity index (χ1n) is 11.8. The summed E-state index contributed by atoms with van der Waals surface area (Å²) in [5, 5.41) is 5.53. The van der Waals surface area contributed by atoms with E-state index in [4.69, 9.17) is 9.97 Å². The van der Waals surface area contributed by atoms with Gasteiger partial charge in [-0.15, -0.1) is 0 Å². The largest absolute Gasteiger partial charge is 0.307 e. The molecule has 0 saturated carbocycles. The van der Waals surface area contributed by atoms with Gasteiger partial charge < -0.3 is 4.57 Å². The minimum atomic E-state index is 0.588. The summed E-state index contributed by atoms with van der Waals surface area (Å²) in [6, 6.07) is 32.0. The molecular formula is C30H18N6. The fourth-order valence-electron chi connectivity index (χ4n) is 5.43. The fourth-order valence-corrected chi connectivity index (χ4v) is 5.43. The van der Waals surface area contributed by atoms with E-state index in [9.17, 15) is 0 Å². The SMILES string of the molecule is c1ccc(-n2c3ccccc3c3ccc4c5ccccc5n(-c5ncc6cncnc6n5)c4c32)cc1. The first kappa shape index (κ1) is 19.2. The zero-order valence-corrected chi connectivity index (χ0v) is 19.1. The molecule has 0 amide bonds. The number of hydrogen-bond donors (Lipinski definition) is 0. The molecule has 8 rings (SSSR count). The van der Waals surface area contributed by atoms with E-state index < -0.39 is 0 Å². The minimum absolute atomic E-state index is 0.588. The van der Waals surface area contributed by atoms with Crippen LogP contribution in [0, 0.1) is 0 Å². The maximum absolute atomic E-state index is 4.87. The summed E-state index contributed by atoms with van der Waals surface area (Å²) >= 11 is 0. The summed E-state index contributed by atoms with van der Waals surface area (Å²) in [7, 11) is 0. The fraction of sp³-hybridized carbons (Fsp3) is 0. The Balaban J connectivity index is 1.64. The van der Waals surface area contributed by atoms with Crippen molar-refractivity contribution < 1.29 is 0 Å². The van der Waals surface area contributed by atoms with Gasteiger partial charge in [-0.2, -0.15) is 4.98 Å².